The Kier molecular flexibility index (Phi) is 7.60. The predicted octanol–water partition coefficient (Wildman–Crippen LogP) is 1.27. The van der Waals surface area contributed by atoms with E-state index in [2.05, 4.69) is 10.6 Å². The van der Waals surface area contributed by atoms with E-state index < -0.39 is 35.1 Å². The summed E-state index contributed by atoms with van der Waals surface area (Å²) in [6.45, 7) is 1.78. The molecule has 3 N–H and O–H groups in total. The summed E-state index contributed by atoms with van der Waals surface area (Å²) in [6, 6.07) is 8.29. The van der Waals surface area contributed by atoms with Crippen LogP contribution >= 0.6 is 0 Å². The van der Waals surface area contributed by atoms with Crippen LogP contribution in [0.2, 0.25) is 0 Å². The van der Waals surface area contributed by atoms with Crippen LogP contribution in [0.3, 0.4) is 0 Å². The minimum absolute atomic E-state index is 0.171. The molecule has 2 aromatic rings. The highest BCUT2D eigenvalue weighted by Gasteiger charge is 2.24. The molecule has 0 aliphatic rings. The van der Waals surface area contributed by atoms with Gasteiger partial charge in [0.1, 0.15) is 5.75 Å². The molecule has 9 heteroatoms. The third-order valence-electron chi connectivity index (χ3n) is 4.51. The SMILES string of the molecule is COc1ccc(CNC(=O)[C@H](C)[NH+](C)CC(=O)Nc2ccc(F)c(F)c2F)cc1. The summed E-state index contributed by atoms with van der Waals surface area (Å²) in [5.74, 6) is -4.67. The smallest absolute Gasteiger partial charge is 0.279 e. The molecule has 1 unspecified atom stereocenters. The number of quaternary nitrogens is 1. The summed E-state index contributed by atoms with van der Waals surface area (Å²) < 4.78 is 44.9. The fourth-order valence-electron chi connectivity index (χ4n) is 2.53. The van der Waals surface area contributed by atoms with Gasteiger partial charge in [0.15, 0.2) is 30.0 Å². The first-order valence-electron chi connectivity index (χ1n) is 8.89. The van der Waals surface area contributed by atoms with Gasteiger partial charge in [-0.25, -0.2) is 13.2 Å². The van der Waals surface area contributed by atoms with Crippen molar-refractivity contribution >= 4 is 17.5 Å². The van der Waals surface area contributed by atoms with Gasteiger partial charge in [-0.05, 0) is 36.8 Å². The zero-order valence-electron chi connectivity index (χ0n) is 16.3. The second kappa shape index (κ2) is 9.92. The van der Waals surface area contributed by atoms with E-state index in [4.69, 9.17) is 4.74 Å². The summed E-state index contributed by atoms with van der Waals surface area (Å²) in [5, 5.41) is 4.97. The molecule has 29 heavy (non-hydrogen) atoms. The number of amides is 2. The lowest BCUT2D eigenvalue weighted by Gasteiger charge is -2.20. The molecule has 6 nitrogen and oxygen atoms in total. The molecule has 2 aromatic carbocycles. The lowest BCUT2D eigenvalue weighted by atomic mass is 10.2. The van der Waals surface area contributed by atoms with Crippen molar-refractivity contribution in [3.8, 4) is 5.75 Å². The number of rotatable bonds is 8. The molecule has 0 aliphatic heterocycles. The fourth-order valence-corrected chi connectivity index (χ4v) is 2.53. The number of hydrogen-bond acceptors (Lipinski definition) is 3. The third kappa shape index (κ3) is 5.95. The Labute approximate surface area is 166 Å². The Bertz CT molecular complexity index is 875. The van der Waals surface area contributed by atoms with Gasteiger partial charge in [-0.3, -0.25) is 9.59 Å². The summed E-state index contributed by atoms with van der Waals surface area (Å²) in [4.78, 5) is 24.9. The van der Waals surface area contributed by atoms with Gasteiger partial charge < -0.3 is 20.3 Å². The van der Waals surface area contributed by atoms with Crippen molar-refractivity contribution in [3.05, 3.63) is 59.4 Å². The first-order valence-corrected chi connectivity index (χ1v) is 8.89. The Balaban J connectivity index is 1.86. The average molecular weight is 410 g/mol. The first kappa shape index (κ1) is 22.2. The van der Waals surface area contributed by atoms with Crippen LogP contribution in [0.15, 0.2) is 36.4 Å². The lowest BCUT2D eigenvalue weighted by molar-refractivity contribution is -0.885. The number of benzene rings is 2. The highest BCUT2D eigenvalue weighted by atomic mass is 19.2. The highest BCUT2D eigenvalue weighted by molar-refractivity contribution is 5.91. The van der Waals surface area contributed by atoms with E-state index in [1.807, 2.05) is 12.1 Å². The molecule has 0 saturated carbocycles. The average Bonchev–Trinajstić information content (AvgIpc) is 2.72. The standard InChI is InChI=1S/C20H22F3N3O3/c1-12(20(28)24-10-13-4-6-14(29-3)7-5-13)26(2)11-17(27)25-16-9-8-15(21)18(22)19(16)23/h4-9,12H,10-11H2,1-3H3,(H,24,28)(H,25,27)/p+1/t12-/m0/s1. The summed E-state index contributed by atoms with van der Waals surface area (Å²) in [6.07, 6.45) is 0. The molecule has 156 valence electrons. The minimum atomic E-state index is -1.66. The number of nitrogens with one attached hydrogen (secondary N) is 3. The molecule has 2 atom stereocenters. The van der Waals surface area contributed by atoms with Crippen molar-refractivity contribution in [2.45, 2.75) is 19.5 Å². The number of ether oxygens (including phenoxy) is 1. The minimum Gasteiger partial charge on any atom is -0.497 e. The van der Waals surface area contributed by atoms with E-state index in [0.29, 0.717) is 17.2 Å². The molecule has 0 saturated heterocycles. The molecule has 2 rings (SSSR count). The van der Waals surface area contributed by atoms with Gasteiger partial charge >= 0.3 is 0 Å². The fraction of sp³-hybridized carbons (Fsp3) is 0.300. The van der Waals surface area contributed by atoms with Crippen molar-refractivity contribution < 1.29 is 32.4 Å². The number of carbonyl (C=O) groups is 2. The summed E-state index contributed by atoms with van der Waals surface area (Å²) in [5.41, 5.74) is 0.425. The van der Waals surface area contributed by atoms with Crippen LogP contribution in [0, 0.1) is 17.5 Å². The van der Waals surface area contributed by atoms with Crippen molar-refractivity contribution in [3.63, 3.8) is 0 Å². The molecule has 0 aromatic heterocycles. The van der Waals surface area contributed by atoms with Crippen LogP contribution in [0.4, 0.5) is 18.9 Å². The van der Waals surface area contributed by atoms with Crippen LogP contribution in [0.25, 0.3) is 0 Å². The van der Waals surface area contributed by atoms with Crippen LogP contribution in [0.1, 0.15) is 12.5 Å². The zero-order valence-corrected chi connectivity index (χ0v) is 16.3. The van der Waals surface area contributed by atoms with Crippen LogP contribution < -0.4 is 20.3 Å². The van der Waals surface area contributed by atoms with Crippen molar-refractivity contribution in [2.24, 2.45) is 0 Å². The van der Waals surface area contributed by atoms with Crippen molar-refractivity contribution in [2.75, 3.05) is 26.0 Å². The number of methoxy groups -OCH3 is 1. The van der Waals surface area contributed by atoms with Crippen molar-refractivity contribution in [1.82, 2.24) is 5.32 Å². The number of hydrogen-bond donors (Lipinski definition) is 3. The lowest BCUT2D eigenvalue weighted by Crippen LogP contribution is -3.15. The molecular weight excluding hydrogens is 387 g/mol. The molecule has 0 aliphatic carbocycles. The molecule has 0 heterocycles. The van der Waals surface area contributed by atoms with E-state index in [-0.39, 0.29) is 12.5 Å². The topological polar surface area (TPSA) is 71.9 Å². The molecule has 0 bridgehead atoms. The highest BCUT2D eigenvalue weighted by Crippen LogP contribution is 2.19. The Morgan fingerprint density at radius 2 is 1.72 bits per heavy atom. The van der Waals surface area contributed by atoms with Gasteiger partial charge in [-0.2, -0.15) is 0 Å². The Morgan fingerprint density at radius 1 is 1.07 bits per heavy atom. The quantitative estimate of drug-likeness (QED) is 0.574. The van der Waals surface area contributed by atoms with Crippen LogP contribution in [-0.4, -0.2) is 38.6 Å². The summed E-state index contributed by atoms with van der Waals surface area (Å²) in [7, 11) is 3.19. The van der Waals surface area contributed by atoms with Gasteiger partial charge in [0, 0.05) is 6.54 Å². The van der Waals surface area contributed by atoms with Gasteiger partial charge in [0.05, 0.1) is 19.8 Å². The van der Waals surface area contributed by atoms with E-state index in [0.717, 1.165) is 17.7 Å². The maximum Gasteiger partial charge on any atom is 0.279 e. The number of halogens is 3. The monoisotopic (exact) mass is 410 g/mol. The molecule has 0 fully saturated rings. The third-order valence-corrected chi connectivity index (χ3v) is 4.51. The second-order valence-corrected chi connectivity index (χ2v) is 6.58. The zero-order chi connectivity index (χ0) is 21.6. The van der Waals surface area contributed by atoms with Crippen LogP contribution in [0.5, 0.6) is 5.75 Å². The molecular formula is C20H23F3N3O3+. The van der Waals surface area contributed by atoms with Gasteiger partial charge in [0.25, 0.3) is 11.8 Å². The van der Waals surface area contributed by atoms with Gasteiger partial charge in [0.2, 0.25) is 0 Å². The Hall–Kier alpha value is -3.07. The van der Waals surface area contributed by atoms with Gasteiger partial charge in [-0.15, -0.1) is 0 Å². The molecule has 2 amide bonds. The largest absolute Gasteiger partial charge is 0.497 e. The van der Waals surface area contributed by atoms with E-state index in [1.54, 1.807) is 33.2 Å². The first-order chi connectivity index (χ1) is 13.7. The maximum absolute atomic E-state index is 13.6. The van der Waals surface area contributed by atoms with E-state index in [1.165, 1.54) is 0 Å². The Morgan fingerprint density at radius 3 is 2.34 bits per heavy atom. The number of carbonyl (C=O) groups excluding carboxylic acids is 2. The summed E-state index contributed by atoms with van der Waals surface area (Å²) >= 11 is 0. The van der Waals surface area contributed by atoms with Crippen molar-refractivity contribution in [1.29, 1.82) is 0 Å². The molecule has 0 spiro atoms. The van der Waals surface area contributed by atoms with Crippen LogP contribution in [-0.2, 0) is 16.1 Å². The van der Waals surface area contributed by atoms with E-state index >= 15 is 0 Å². The molecule has 0 radical (unpaired) electrons. The normalized spacial score (nSPS) is 12.8. The van der Waals surface area contributed by atoms with E-state index in [9.17, 15) is 22.8 Å². The number of anilines is 1. The second-order valence-electron chi connectivity index (χ2n) is 6.58. The maximum atomic E-state index is 13.6. The van der Waals surface area contributed by atoms with Gasteiger partial charge in [-0.1, -0.05) is 12.1 Å². The number of likely N-dealkylation sites (N-methyl/N-ethyl adjacent to an activating group) is 1. The predicted molar refractivity (Wildman–Crippen MR) is 101 cm³/mol.